The van der Waals surface area contributed by atoms with Crippen molar-refractivity contribution in [3.05, 3.63) is 95.3 Å². The van der Waals surface area contributed by atoms with Crippen molar-refractivity contribution in [2.75, 3.05) is 14.2 Å². The fourth-order valence-electron chi connectivity index (χ4n) is 3.27. The molecule has 0 aliphatic heterocycles. The van der Waals surface area contributed by atoms with E-state index in [1.165, 1.54) is 74.9 Å². The number of rotatable bonds is 9. The van der Waals surface area contributed by atoms with E-state index >= 15 is 0 Å². The third-order valence-corrected chi connectivity index (χ3v) is 5.06. The van der Waals surface area contributed by atoms with Crippen LogP contribution in [0.2, 0.25) is 0 Å². The van der Waals surface area contributed by atoms with Crippen molar-refractivity contribution >= 4 is 23.7 Å². The van der Waals surface area contributed by atoms with Crippen LogP contribution in [0, 0.1) is 5.82 Å². The highest BCUT2D eigenvalue weighted by Crippen LogP contribution is 2.28. The highest BCUT2D eigenvalue weighted by atomic mass is 19.1. The van der Waals surface area contributed by atoms with Crippen molar-refractivity contribution in [1.29, 1.82) is 0 Å². The molecule has 2 N–H and O–H groups in total. The number of benzene rings is 3. The second-order valence-electron chi connectivity index (χ2n) is 7.32. The Hall–Kier alpha value is -4.39. The number of carbonyl (C=O) groups excluding carboxylic acids is 2. The van der Waals surface area contributed by atoms with E-state index in [1.807, 2.05) is 0 Å². The van der Waals surface area contributed by atoms with Gasteiger partial charge >= 0.3 is 0 Å². The maximum absolute atomic E-state index is 13.4. The second kappa shape index (κ2) is 11.0. The van der Waals surface area contributed by atoms with Crippen LogP contribution >= 0.6 is 0 Å². The van der Waals surface area contributed by atoms with Gasteiger partial charge in [0.15, 0.2) is 34.6 Å². The summed E-state index contributed by atoms with van der Waals surface area (Å²) in [5.74, 6) is -2.27. The fourth-order valence-corrected chi connectivity index (χ4v) is 3.27. The SMILES string of the molecule is COc1cc(/C=C/C(=O)C(C(=O)/C=C/c2ccc(O)c(OC)c2)c2ccc(F)cc2)ccc1O. The maximum atomic E-state index is 13.4. The number of hydrogen-bond acceptors (Lipinski definition) is 6. The topological polar surface area (TPSA) is 93.1 Å². The maximum Gasteiger partial charge on any atom is 0.170 e. The van der Waals surface area contributed by atoms with Crippen molar-refractivity contribution in [2.45, 2.75) is 5.92 Å². The van der Waals surface area contributed by atoms with E-state index < -0.39 is 23.3 Å². The van der Waals surface area contributed by atoms with E-state index in [4.69, 9.17) is 9.47 Å². The average Bonchev–Trinajstić information content (AvgIpc) is 2.84. The van der Waals surface area contributed by atoms with Crippen LogP contribution < -0.4 is 9.47 Å². The Morgan fingerprint density at radius 3 is 1.62 bits per heavy atom. The molecule has 0 aromatic heterocycles. The van der Waals surface area contributed by atoms with Gasteiger partial charge in [0.1, 0.15) is 11.7 Å². The van der Waals surface area contributed by atoms with E-state index in [-0.39, 0.29) is 23.0 Å². The van der Waals surface area contributed by atoms with Crippen LogP contribution in [0.25, 0.3) is 12.2 Å². The van der Waals surface area contributed by atoms with Gasteiger partial charge in [-0.05, 0) is 65.2 Å². The van der Waals surface area contributed by atoms with Gasteiger partial charge < -0.3 is 19.7 Å². The molecule has 0 spiro atoms. The molecule has 0 bridgehead atoms. The third-order valence-electron chi connectivity index (χ3n) is 5.06. The first-order valence-corrected chi connectivity index (χ1v) is 10.3. The molecule has 0 fully saturated rings. The van der Waals surface area contributed by atoms with E-state index in [0.717, 1.165) is 0 Å². The number of aromatic hydroxyl groups is 2. The summed E-state index contributed by atoms with van der Waals surface area (Å²) in [5, 5.41) is 19.4. The van der Waals surface area contributed by atoms with Crippen molar-refractivity contribution in [3.63, 3.8) is 0 Å². The first kappa shape index (κ1) is 24.3. The van der Waals surface area contributed by atoms with Gasteiger partial charge in [-0.3, -0.25) is 9.59 Å². The fraction of sp³-hybridized carbons (Fsp3) is 0.111. The predicted octanol–water partition coefficient (Wildman–Crippen LogP) is 4.90. The van der Waals surface area contributed by atoms with E-state index in [2.05, 4.69) is 0 Å². The quantitative estimate of drug-likeness (QED) is 0.347. The van der Waals surface area contributed by atoms with Gasteiger partial charge in [0.2, 0.25) is 0 Å². The van der Waals surface area contributed by atoms with Gasteiger partial charge in [0.25, 0.3) is 0 Å². The molecular weight excluding hydrogens is 439 g/mol. The molecule has 3 rings (SSSR count). The Morgan fingerprint density at radius 1 is 0.765 bits per heavy atom. The van der Waals surface area contributed by atoms with Gasteiger partial charge in [0, 0.05) is 0 Å². The monoisotopic (exact) mass is 462 g/mol. The van der Waals surface area contributed by atoms with Crippen molar-refractivity contribution in [1.82, 2.24) is 0 Å². The molecule has 0 aliphatic carbocycles. The molecule has 174 valence electrons. The second-order valence-corrected chi connectivity index (χ2v) is 7.32. The lowest BCUT2D eigenvalue weighted by Gasteiger charge is -2.12. The minimum Gasteiger partial charge on any atom is -0.504 e. The molecule has 3 aromatic carbocycles. The van der Waals surface area contributed by atoms with Gasteiger partial charge in [-0.2, -0.15) is 0 Å². The van der Waals surface area contributed by atoms with Crippen LogP contribution in [0.5, 0.6) is 23.0 Å². The number of phenolic OH excluding ortho intramolecular Hbond substituents is 2. The molecular formula is C27H23FO6. The first-order chi connectivity index (χ1) is 16.3. The average molecular weight is 462 g/mol. The van der Waals surface area contributed by atoms with Gasteiger partial charge in [-0.25, -0.2) is 4.39 Å². The Labute approximate surface area is 196 Å². The zero-order valence-corrected chi connectivity index (χ0v) is 18.6. The number of carbonyl (C=O) groups is 2. The molecule has 0 amide bonds. The summed E-state index contributed by atoms with van der Waals surface area (Å²) in [6.07, 6.45) is 5.52. The number of methoxy groups -OCH3 is 2. The first-order valence-electron chi connectivity index (χ1n) is 10.3. The lowest BCUT2D eigenvalue weighted by atomic mass is 9.89. The van der Waals surface area contributed by atoms with Crippen molar-refractivity contribution in [3.8, 4) is 23.0 Å². The lowest BCUT2D eigenvalue weighted by molar-refractivity contribution is -0.124. The molecule has 0 saturated carbocycles. The molecule has 0 heterocycles. The van der Waals surface area contributed by atoms with Crippen LogP contribution in [-0.2, 0) is 9.59 Å². The number of phenols is 2. The largest absolute Gasteiger partial charge is 0.504 e. The van der Waals surface area contributed by atoms with Gasteiger partial charge in [-0.1, -0.05) is 36.4 Å². The lowest BCUT2D eigenvalue weighted by Crippen LogP contribution is -2.19. The molecule has 0 saturated heterocycles. The zero-order chi connectivity index (χ0) is 24.7. The van der Waals surface area contributed by atoms with Crippen LogP contribution in [0.4, 0.5) is 4.39 Å². The zero-order valence-electron chi connectivity index (χ0n) is 18.6. The summed E-state index contributed by atoms with van der Waals surface area (Å²) in [6, 6.07) is 14.3. The number of hydrogen-bond donors (Lipinski definition) is 2. The van der Waals surface area contributed by atoms with Crippen LogP contribution in [0.3, 0.4) is 0 Å². The van der Waals surface area contributed by atoms with Crippen molar-refractivity contribution < 1.29 is 33.7 Å². The molecule has 3 aromatic rings. The van der Waals surface area contributed by atoms with Crippen LogP contribution in [0.15, 0.2) is 72.8 Å². The number of allylic oxidation sites excluding steroid dienone is 2. The predicted molar refractivity (Wildman–Crippen MR) is 127 cm³/mol. The van der Waals surface area contributed by atoms with E-state index in [0.29, 0.717) is 16.7 Å². The van der Waals surface area contributed by atoms with E-state index in [1.54, 1.807) is 24.3 Å². The summed E-state index contributed by atoms with van der Waals surface area (Å²) in [4.78, 5) is 26.1. The molecule has 0 aliphatic rings. The molecule has 6 nitrogen and oxygen atoms in total. The Balaban J connectivity index is 1.89. The Kier molecular flexibility index (Phi) is 7.82. The summed E-state index contributed by atoms with van der Waals surface area (Å²) < 4.78 is 23.6. The number of ketones is 2. The Morgan fingerprint density at radius 2 is 1.21 bits per heavy atom. The number of ether oxygens (including phenoxy) is 2. The minimum absolute atomic E-state index is 0.0404. The van der Waals surface area contributed by atoms with Gasteiger partial charge in [0.05, 0.1) is 14.2 Å². The Bertz CT molecular complexity index is 1170. The minimum atomic E-state index is -1.19. The van der Waals surface area contributed by atoms with Gasteiger partial charge in [-0.15, -0.1) is 0 Å². The third kappa shape index (κ3) is 5.89. The highest BCUT2D eigenvalue weighted by Gasteiger charge is 2.25. The molecule has 0 unspecified atom stereocenters. The summed E-state index contributed by atoms with van der Waals surface area (Å²) in [6.45, 7) is 0. The van der Waals surface area contributed by atoms with E-state index in [9.17, 15) is 24.2 Å². The smallest absolute Gasteiger partial charge is 0.170 e. The van der Waals surface area contributed by atoms with Crippen LogP contribution in [-0.4, -0.2) is 36.0 Å². The summed E-state index contributed by atoms with van der Waals surface area (Å²) >= 11 is 0. The molecule has 7 heteroatoms. The molecule has 34 heavy (non-hydrogen) atoms. The molecule has 0 radical (unpaired) electrons. The number of halogens is 1. The van der Waals surface area contributed by atoms with Crippen LogP contribution in [0.1, 0.15) is 22.6 Å². The normalized spacial score (nSPS) is 11.3. The standard InChI is InChI=1S/C27H23FO6/c1-33-25-15-17(3-11-21(25)29)5-13-23(31)27(19-7-9-20(28)10-8-19)24(32)14-6-18-4-12-22(30)26(16-18)34-2/h3-16,27,29-30H,1-2H3/b13-5+,14-6+. The molecule has 0 atom stereocenters. The highest BCUT2D eigenvalue weighted by molar-refractivity contribution is 6.17. The van der Waals surface area contributed by atoms with Crippen molar-refractivity contribution in [2.24, 2.45) is 0 Å². The summed E-state index contributed by atoms with van der Waals surface area (Å²) in [5.41, 5.74) is 1.51. The summed E-state index contributed by atoms with van der Waals surface area (Å²) in [7, 11) is 2.82.